The molecule has 0 bridgehead atoms. The van der Waals surface area contributed by atoms with Crippen molar-refractivity contribution in [2.45, 2.75) is 17.4 Å². The van der Waals surface area contributed by atoms with Gasteiger partial charge in [0.15, 0.2) is 4.90 Å². The Morgan fingerprint density at radius 1 is 1.32 bits per heavy atom. The van der Waals surface area contributed by atoms with E-state index in [1.54, 1.807) is 24.3 Å². The van der Waals surface area contributed by atoms with Crippen LogP contribution in [-0.4, -0.2) is 19.9 Å². The number of hydrogen-bond donors (Lipinski definition) is 1. The molecule has 1 aliphatic heterocycles. The highest BCUT2D eigenvalue weighted by atomic mass is 79.9. The third kappa shape index (κ3) is 3.51. The van der Waals surface area contributed by atoms with Gasteiger partial charge in [-0.2, -0.15) is 0 Å². The van der Waals surface area contributed by atoms with Crippen molar-refractivity contribution >= 4 is 31.6 Å². The van der Waals surface area contributed by atoms with Crippen LogP contribution in [0.2, 0.25) is 0 Å². The number of benzene rings is 2. The van der Waals surface area contributed by atoms with E-state index < -0.39 is 37.4 Å². The summed E-state index contributed by atoms with van der Waals surface area (Å²) in [5, 5.41) is 11.1. The Balaban J connectivity index is 2.02. The second-order valence-electron chi connectivity index (χ2n) is 5.34. The fourth-order valence-corrected chi connectivity index (χ4v) is 4.51. The van der Waals surface area contributed by atoms with Crippen LogP contribution in [0.1, 0.15) is 18.0 Å². The van der Waals surface area contributed by atoms with Crippen molar-refractivity contribution in [1.82, 2.24) is 4.72 Å². The van der Waals surface area contributed by atoms with E-state index in [-0.39, 0.29) is 4.47 Å². The van der Waals surface area contributed by atoms with Gasteiger partial charge in [-0.05, 0) is 28.1 Å². The third-order valence-electron chi connectivity index (χ3n) is 3.74. The van der Waals surface area contributed by atoms with Crippen LogP contribution in [-0.2, 0) is 10.0 Å². The molecule has 0 radical (unpaired) electrons. The number of hydrogen-bond acceptors (Lipinski definition) is 5. The van der Waals surface area contributed by atoms with Crippen LogP contribution in [0.4, 0.5) is 10.1 Å². The molecule has 25 heavy (non-hydrogen) atoms. The van der Waals surface area contributed by atoms with Gasteiger partial charge in [-0.15, -0.1) is 0 Å². The predicted molar refractivity (Wildman–Crippen MR) is 90.4 cm³/mol. The molecule has 0 aliphatic carbocycles. The Bertz CT molecular complexity index is 951. The number of fused-ring (bicyclic) bond motifs is 1. The van der Waals surface area contributed by atoms with Crippen LogP contribution in [0.5, 0.6) is 5.75 Å². The number of sulfonamides is 1. The first-order chi connectivity index (χ1) is 11.8. The highest BCUT2D eigenvalue weighted by molar-refractivity contribution is 9.10. The molecule has 1 atom stereocenters. The van der Waals surface area contributed by atoms with Gasteiger partial charge in [-0.3, -0.25) is 10.1 Å². The second-order valence-corrected chi connectivity index (χ2v) is 7.88. The lowest BCUT2D eigenvalue weighted by Gasteiger charge is -2.26. The molecule has 1 N–H and O–H groups in total. The highest BCUT2D eigenvalue weighted by Gasteiger charge is 2.32. The van der Waals surface area contributed by atoms with E-state index in [2.05, 4.69) is 20.7 Å². The Hall–Kier alpha value is -2.04. The molecule has 2 aromatic carbocycles. The van der Waals surface area contributed by atoms with Crippen molar-refractivity contribution in [3.63, 3.8) is 0 Å². The summed E-state index contributed by atoms with van der Waals surface area (Å²) in [5.74, 6) is -0.363. The number of ether oxygens (including phenoxy) is 1. The summed E-state index contributed by atoms with van der Waals surface area (Å²) >= 11 is 2.86. The zero-order valence-corrected chi connectivity index (χ0v) is 15.0. The molecule has 0 amide bonds. The molecule has 132 valence electrons. The van der Waals surface area contributed by atoms with Crippen molar-refractivity contribution in [3.05, 3.63) is 62.4 Å². The number of halogens is 2. The van der Waals surface area contributed by atoms with Crippen molar-refractivity contribution in [3.8, 4) is 5.75 Å². The number of rotatable bonds is 4. The first-order valence-corrected chi connectivity index (χ1v) is 9.44. The molecular formula is C15H12BrFN2O5S. The zero-order chi connectivity index (χ0) is 18.2. The maximum Gasteiger partial charge on any atom is 0.292 e. The fourth-order valence-electron chi connectivity index (χ4n) is 2.59. The van der Waals surface area contributed by atoms with E-state index in [0.29, 0.717) is 30.4 Å². The minimum atomic E-state index is -4.26. The number of nitro benzene ring substituents is 1. The van der Waals surface area contributed by atoms with Gasteiger partial charge < -0.3 is 4.74 Å². The number of para-hydroxylation sites is 1. The maximum atomic E-state index is 13.6. The monoisotopic (exact) mass is 430 g/mol. The van der Waals surface area contributed by atoms with Crippen LogP contribution < -0.4 is 9.46 Å². The lowest BCUT2D eigenvalue weighted by Crippen LogP contribution is -2.32. The van der Waals surface area contributed by atoms with E-state index in [4.69, 9.17) is 4.74 Å². The summed E-state index contributed by atoms with van der Waals surface area (Å²) < 4.78 is 46.7. The molecule has 10 heteroatoms. The highest BCUT2D eigenvalue weighted by Crippen LogP contribution is 2.35. The van der Waals surface area contributed by atoms with Gasteiger partial charge in [0.2, 0.25) is 10.0 Å². The van der Waals surface area contributed by atoms with Crippen LogP contribution in [0.25, 0.3) is 0 Å². The Labute approximate surface area is 151 Å². The van der Waals surface area contributed by atoms with Crippen molar-refractivity contribution in [1.29, 1.82) is 0 Å². The van der Waals surface area contributed by atoms with Crippen LogP contribution >= 0.6 is 15.9 Å². The van der Waals surface area contributed by atoms with Crippen molar-refractivity contribution in [2.75, 3.05) is 6.61 Å². The van der Waals surface area contributed by atoms with Gasteiger partial charge in [0.25, 0.3) is 5.69 Å². The molecule has 2 aromatic rings. The van der Waals surface area contributed by atoms with Gasteiger partial charge in [0, 0.05) is 12.0 Å². The number of nitrogens with one attached hydrogen (secondary N) is 1. The van der Waals surface area contributed by atoms with Gasteiger partial charge in [0.1, 0.15) is 11.6 Å². The molecule has 0 spiro atoms. The fraction of sp³-hybridized carbons (Fsp3) is 0.200. The quantitative estimate of drug-likeness (QED) is 0.592. The van der Waals surface area contributed by atoms with E-state index >= 15 is 0 Å². The molecule has 3 rings (SSSR count). The van der Waals surface area contributed by atoms with Crippen LogP contribution in [0.15, 0.2) is 45.8 Å². The summed E-state index contributed by atoms with van der Waals surface area (Å²) in [5.41, 5.74) is -0.185. The molecule has 0 fully saturated rings. The number of nitrogens with zero attached hydrogens (tertiary/aromatic N) is 1. The van der Waals surface area contributed by atoms with Crippen LogP contribution in [0.3, 0.4) is 0 Å². The largest absolute Gasteiger partial charge is 0.493 e. The minimum Gasteiger partial charge on any atom is -0.493 e. The average molecular weight is 431 g/mol. The predicted octanol–water partition coefficient (Wildman–Crippen LogP) is 3.30. The summed E-state index contributed by atoms with van der Waals surface area (Å²) in [6, 6.07) is 7.81. The zero-order valence-electron chi connectivity index (χ0n) is 12.6. The number of nitro groups is 1. The summed E-state index contributed by atoms with van der Waals surface area (Å²) in [6.45, 7) is 0.305. The van der Waals surface area contributed by atoms with Crippen molar-refractivity contribution < 1.29 is 22.5 Å². The molecule has 0 saturated heterocycles. The smallest absolute Gasteiger partial charge is 0.292 e. The standard InChI is InChI=1S/C15H12BrFN2O5S/c16-10-7-15(13(19(20)21)8-11(10)17)25(22,23)18-12-5-6-24-14-4-2-1-3-9(12)14/h1-4,7-8,12,18H,5-6H2/t12-/m1/s1. The van der Waals surface area contributed by atoms with E-state index in [1.807, 2.05) is 0 Å². The normalized spacial score (nSPS) is 16.8. The topological polar surface area (TPSA) is 98.5 Å². The summed E-state index contributed by atoms with van der Waals surface area (Å²) in [7, 11) is -4.26. The molecule has 0 aromatic heterocycles. The minimum absolute atomic E-state index is 0.175. The van der Waals surface area contributed by atoms with Gasteiger partial charge in [0.05, 0.1) is 28.1 Å². The molecule has 0 saturated carbocycles. The van der Waals surface area contributed by atoms with E-state index in [0.717, 1.165) is 6.07 Å². The van der Waals surface area contributed by atoms with Gasteiger partial charge in [-0.1, -0.05) is 18.2 Å². The van der Waals surface area contributed by atoms with E-state index in [1.165, 1.54) is 0 Å². The Kier molecular flexibility index (Phi) is 4.76. The second kappa shape index (κ2) is 6.70. The summed E-state index contributed by atoms with van der Waals surface area (Å²) in [4.78, 5) is 9.60. The lowest BCUT2D eigenvalue weighted by atomic mass is 10.0. The van der Waals surface area contributed by atoms with Crippen molar-refractivity contribution in [2.24, 2.45) is 0 Å². The Morgan fingerprint density at radius 2 is 2.04 bits per heavy atom. The lowest BCUT2D eigenvalue weighted by molar-refractivity contribution is -0.388. The third-order valence-corrected chi connectivity index (χ3v) is 5.85. The van der Waals surface area contributed by atoms with Gasteiger partial charge >= 0.3 is 0 Å². The average Bonchev–Trinajstić information content (AvgIpc) is 2.56. The SMILES string of the molecule is O=[N+]([O-])c1cc(F)c(Br)cc1S(=O)(=O)N[C@@H]1CCOc2ccccc21. The molecule has 1 heterocycles. The molecule has 0 unspecified atom stereocenters. The maximum absolute atomic E-state index is 13.6. The molecular weight excluding hydrogens is 419 g/mol. The molecule has 1 aliphatic rings. The van der Waals surface area contributed by atoms with Crippen LogP contribution in [0, 0.1) is 15.9 Å². The Morgan fingerprint density at radius 3 is 2.76 bits per heavy atom. The van der Waals surface area contributed by atoms with Gasteiger partial charge in [-0.25, -0.2) is 17.5 Å². The van der Waals surface area contributed by atoms with E-state index in [9.17, 15) is 22.9 Å². The first-order valence-electron chi connectivity index (χ1n) is 7.17. The first kappa shape index (κ1) is 17.8. The summed E-state index contributed by atoms with van der Waals surface area (Å²) in [6.07, 6.45) is 0.367. The molecule has 7 nitrogen and oxygen atoms in total.